The quantitative estimate of drug-likeness (QED) is 0.598. The van der Waals surface area contributed by atoms with Crippen LogP contribution >= 0.6 is 11.6 Å². The fraction of sp³-hybridized carbons (Fsp3) is 0.211. The molecule has 4 nitrogen and oxygen atoms in total. The van der Waals surface area contributed by atoms with Crippen LogP contribution in [0.2, 0.25) is 5.02 Å². The number of nitrogens with one attached hydrogen (secondary N) is 3. The highest BCUT2D eigenvalue weighted by Gasteiger charge is 2.20. The van der Waals surface area contributed by atoms with Crippen molar-refractivity contribution >= 4 is 28.2 Å². The summed E-state index contributed by atoms with van der Waals surface area (Å²) in [6.45, 7) is 5.45. The van der Waals surface area contributed by atoms with Crippen LogP contribution in [0.1, 0.15) is 29.2 Å². The smallest absolute Gasteiger partial charge is 0.0668 e. The molecule has 0 spiro atoms. The number of aromatic nitrogens is 2. The summed E-state index contributed by atoms with van der Waals surface area (Å²) in [7, 11) is 0. The van der Waals surface area contributed by atoms with Gasteiger partial charge in [0.1, 0.15) is 0 Å². The second-order valence-electron chi connectivity index (χ2n) is 6.12. The Bertz CT molecular complexity index is 900. The number of aromatic amines is 1. The molecule has 1 aromatic heterocycles. The maximum absolute atomic E-state index is 6.19. The molecule has 0 unspecified atom stereocenters. The summed E-state index contributed by atoms with van der Waals surface area (Å²) >= 11 is 6.19. The molecule has 0 saturated carbocycles. The van der Waals surface area contributed by atoms with Gasteiger partial charge in [-0.2, -0.15) is 5.10 Å². The van der Waals surface area contributed by atoms with Crippen LogP contribution in [0.4, 0.5) is 5.69 Å². The third-order valence-electron chi connectivity index (χ3n) is 4.55. The highest BCUT2D eigenvalue weighted by atomic mass is 35.5. The molecule has 0 fully saturated rings. The van der Waals surface area contributed by atoms with E-state index in [0.717, 1.165) is 35.1 Å². The lowest BCUT2D eigenvalue weighted by Gasteiger charge is -2.11. The zero-order valence-electron chi connectivity index (χ0n) is 13.3. The summed E-state index contributed by atoms with van der Waals surface area (Å²) in [6.07, 6.45) is 4.77. The Morgan fingerprint density at radius 3 is 3.12 bits per heavy atom. The molecule has 4 rings (SSSR count). The van der Waals surface area contributed by atoms with Gasteiger partial charge in [-0.15, -0.1) is 6.58 Å². The van der Waals surface area contributed by atoms with Gasteiger partial charge in [0.25, 0.3) is 0 Å². The van der Waals surface area contributed by atoms with Gasteiger partial charge in [-0.05, 0) is 47.4 Å². The summed E-state index contributed by atoms with van der Waals surface area (Å²) in [4.78, 5) is 0. The Kier molecular flexibility index (Phi) is 4.00. The summed E-state index contributed by atoms with van der Waals surface area (Å²) in [5.74, 6) is 0. The molecule has 2 heterocycles. The third-order valence-corrected chi connectivity index (χ3v) is 4.77. The van der Waals surface area contributed by atoms with Gasteiger partial charge in [0.05, 0.1) is 11.7 Å². The molecule has 0 aliphatic carbocycles. The largest absolute Gasteiger partial charge is 0.381 e. The van der Waals surface area contributed by atoms with E-state index in [2.05, 4.69) is 45.6 Å². The molecule has 0 saturated heterocycles. The van der Waals surface area contributed by atoms with Crippen molar-refractivity contribution in [1.29, 1.82) is 0 Å². The number of hydrogen-bond acceptors (Lipinski definition) is 3. The molecule has 2 aromatic carbocycles. The first-order chi connectivity index (χ1) is 11.7. The topological polar surface area (TPSA) is 52.7 Å². The van der Waals surface area contributed by atoms with E-state index < -0.39 is 0 Å². The van der Waals surface area contributed by atoms with Crippen LogP contribution in [0.3, 0.4) is 0 Å². The lowest BCUT2D eigenvalue weighted by molar-refractivity contribution is 0.591. The molecular formula is C19H19ClN4. The summed E-state index contributed by atoms with van der Waals surface area (Å²) in [6, 6.07) is 10.8. The Labute approximate surface area is 145 Å². The first kappa shape index (κ1) is 15.2. The monoisotopic (exact) mass is 338 g/mol. The molecule has 1 aliphatic rings. The SMILES string of the molecule is C=CC[C@H]1NCc2cc(NCc3cc(Cl)cc4[nH]ncc34)ccc21. The molecule has 3 aromatic rings. The number of rotatable bonds is 5. The molecule has 24 heavy (non-hydrogen) atoms. The highest BCUT2D eigenvalue weighted by molar-refractivity contribution is 6.31. The van der Waals surface area contributed by atoms with Crippen LogP contribution in [-0.2, 0) is 13.1 Å². The molecular weight excluding hydrogens is 320 g/mol. The van der Waals surface area contributed by atoms with E-state index in [1.807, 2.05) is 24.4 Å². The minimum Gasteiger partial charge on any atom is -0.381 e. The van der Waals surface area contributed by atoms with Crippen LogP contribution in [0.5, 0.6) is 0 Å². The lowest BCUT2D eigenvalue weighted by atomic mass is 10.0. The van der Waals surface area contributed by atoms with Gasteiger partial charge in [0.15, 0.2) is 0 Å². The number of benzene rings is 2. The second kappa shape index (κ2) is 6.30. The lowest BCUT2D eigenvalue weighted by Crippen LogP contribution is -2.10. The predicted octanol–water partition coefficient (Wildman–Crippen LogP) is 4.55. The average Bonchev–Trinajstić information content (AvgIpc) is 3.19. The van der Waals surface area contributed by atoms with Crippen molar-refractivity contribution in [2.75, 3.05) is 5.32 Å². The molecule has 0 amide bonds. The number of H-pyrrole nitrogens is 1. The van der Waals surface area contributed by atoms with Crippen molar-refractivity contribution in [1.82, 2.24) is 15.5 Å². The van der Waals surface area contributed by atoms with Gasteiger partial charge in [-0.3, -0.25) is 5.10 Å². The van der Waals surface area contributed by atoms with Gasteiger partial charge < -0.3 is 10.6 Å². The number of halogens is 1. The van der Waals surface area contributed by atoms with Gasteiger partial charge >= 0.3 is 0 Å². The molecule has 0 radical (unpaired) electrons. The van der Waals surface area contributed by atoms with E-state index >= 15 is 0 Å². The van der Waals surface area contributed by atoms with E-state index in [-0.39, 0.29) is 0 Å². The molecule has 5 heteroatoms. The maximum atomic E-state index is 6.19. The molecule has 122 valence electrons. The van der Waals surface area contributed by atoms with Gasteiger partial charge in [0, 0.05) is 35.2 Å². The molecule has 3 N–H and O–H groups in total. The predicted molar refractivity (Wildman–Crippen MR) is 99.3 cm³/mol. The van der Waals surface area contributed by atoms with Crippen molar-refractivity contribution < 1.29 is 0 Å². The molecule has 1 atom stereocenters. The zero-order chi connectivity index (χ0) is 16.5. The Hall–Kier alpha value is -2.30. The molecule has 1 aliphatic heterocycles. The van der Waals surface area contributed by atoms with Crippen molar-refractivity contribution in [2.45, 2.75) is 25.6 Å². The van der Waals surface area contributed by atoms with Crippen LogP contribution in [0.15, 0.2) is 49.2 Å². The van der Waals surface area contributed by atoms with Gasteiger partial charge in [-0.25, -0.2) is 0 Å². The van der Waals surface area contributed by atoms with Crippen LogP contribution in [-0.4, -0.2) is 10.2 Å². The van der Waals surface area contributed by atoms with Crippen molar-refractivity contribution in [3.8, 4) is 0 Å². The highest BCUT2D eigenvalue weighted by Crippen LogP contribution is 2.30. The number of nitrogens with zero attached hydrogens (tertiary/aromatic N) is 1. The summed E-state index contributed by atoms with van der Waals surface area (Å²) < 4.78 is 0. The standard InChI is InChI=1S/C19H19ClN4/c1-2-3-18-16-5-4-15(7-13(16)10-22-18)21-9-12-6-14(20)8-19-17(12)11-23-24-19/h2,4-8,11,18,21-22H,1,3,9-10H2,(H,23,24)/t18-/m1/s1. The van der Waals surface area contributed by atoms with Crippen LogP contribution in [0.25, 0.3) is 10.9 Å². The second-order valence-corrected chi connectivity index (χ2v) is 6.56. The van der Waals surface area contributed by atoms with Crippen molar-refractivity contribution in [3.05, 3.63) is 70.9 Å². The van der Waals surface area contributed by atoms with Gasteiger partial charge in [-0.1, -0.05) is 23.7 Å². The van der Waals surface area contributed by atoms with E-state index in [9.17, 15) is 0 Å². The maximum Gasteiger partial charge on any atom is 0.0668 e. The van der Waals surface area contributed by atoms with Crippen LogP contribution < -0.4 is 10.6 Å². The number of hydrogen-bond donors (Lipinski definition) is 3. The third kappa shape index (κ3) is 2.79. The fourth-order valence-corrected chi connectivity index (χ4v) is 3.60. The van der Waals surface area contributed by atoms with Gasteiger partial charge in [0.2, 0.25) is 0 Å². The summed E-state index contributed by atoms with van der Waals surface area (Å²) in [5.41, 5.74) is 5.94. The van der Waals surface area contributed by atoms with E-state index in [4.69, 9.17) is 11.6 Å². The average molecular weight is 339 g/mol. The first-order valence-electron chi connectivity index (χ1n) is 8.07. The fourth-order valence-electron chi connectivity index (χ4n) is 3.36. The van der Waals surface area contributed by atoms with Crippen LogP contribution in [0, 0.1) is 0 Å². The normalized spacial score (nSPS) is 16.3. The van der Waals surface area contributed by atoms with Crippen molar-refractivity contribution in [3.63, 3.8) is 0 Å². The van der Waals surface area contributed by atoms with E-state index in [0.29, 0.717) is 17.6 Å². The Morgan fingerprint density at radius 1 is 1.33 bits per heavy atom. The minimum atomic E-state index is 0.394. The molecule has 0 bridgehead atoms. The number of anilines is 1. The number of fused-ring (bicyclic) bond motifs is 2. The first-order valence-corrected chi connectivity index (χ1v) is 8.45. The Morgan fingerprint density at radius 2 is 2.25 bits per heavy atom. The summed E-state index contributed by atoms with van der Waals surface area (Å²) in [5, 5.41) is 15.9. The van der Waals surface area contributed by atoms with E-state index in [1.165, 1.54) is 11.1 Å². The minimum absolute atomic E-state index is 0.394. The van der Waals surface area contributed by atoms with Crippen molar-refractivity contribution in [2.24, 2.45) is 0 Å². The Balaban J connectivity index is 1.54. The van der Waals surface area contributed by atoms with E-state index in [1.54, 1.807) is 0 Å². The zero-order valence-corrected chi connectivity index (χ0v) is 14.0.